The molecule has 0 aromatic rings. The highest BCUT2D eigenvalue weighted by Crippen LogP contribution is 2.55. The predicted molar refractivity (Wildman–Crippen MR) is 122 cm³/mol. The highest BCUT2D eigenvalue weighted by atomic mass is 19.4. The molecule has 3 rings (SSSR count). The van der Waals surface area contributed by atoms with Gasteiger partial charge >= 0.3 is 12.1 Å². The van der Waals surface area contributed by atoms with Crippen LogP contribution in [0, 0.1) is 11.3 Å². The van der Waals surface area contributed by atoms with E-state index in [2.05, 4.69) is 19.1 Å². The van der Waals surface area contributed by atoms with Crippen LogP contribution in [0.4, 0.5) is 13.2 Å². The first kappa shape index (κ1) is 27.0. The van der Waals surface area contributed by atoms with Gasteiger partial charge in [-0.05, 0) is 82.1 Å². The molecule has 0 amide bonds. The molecule has 0 bridgehead atoms. The van der Waals surface area contributed by atoms with E-state index in [0.29, 0.717) is 26.2 Å². The number of esters is 1. The van der Waals surface area contributed by atoms with Gasteiger partial charge in [-0.1, -0.05) is 36.3 Å². The van der Waals surface area contributed by atoms with E-state index in [1.54, 1.807) is 6.92 Å². The zero-order valence-electron chi connectivity index (χ0n) is 20.2. The van der Waals surface area contributed by atoms with Crippen molar-refractivity contribution in [2.45, 2.75) is 109 Å². The van der Waals surface area contributed by atoms with Crippen LogP contribution >= 0.6 is 0 Å². The molecule has 1 unspecified atom stereocenters. The van der Waals surface area contributed by atoms with Crippen LogP contribution in [0.5, 0.6) is 0 Å². The molecule has 192 valence electrons. The fraction of sp³-hybridized carbons (Fsp3) is 0.731. The van der Waals surface area contributed by atoms with Crippen molar-refractivity contribution in [3.8, 4) is 0 Å². The molecule has 0 aromatic carbocycles. The number of rotatable bonds is 6. The van der Waals surface area contributed by atoms with Crippen molar-refractivity contribution in [1.82, 2.24) is 0 Å². The summed E-state index contributed by atoms with van der Waals surface area (Å²) in [5.74, 6) is -0.505. The zero-order chi connectivity index (χ0) is 25.3. The molecule has 0 radical (unpaired) electrons. The maximum absolute atomic E-state index is 12.8. The average molecular weight is 487 g/mol. The molecule has 8 heteroatoms. The van der Waals surface area contributed by atoms with Gasteiger partial charge in [-0.3, -0.25) is 4.79 Å². The minimum atomic E-state index is -4.80. The molecule has 0 saturated heterocycles. The summed E-state index contributed by atoms with van der Waals surface area (Å²) in [5.41, 5.74) is 0.193. The first-order chi connectivity index (χ1) is 15.7. The molecule has 3 aliphatic rings. The zero-order valence-corrected chi connectivity index (χ0v) is 20.2. The van der Waals surface area contributed by atoms with E-state index in [0.717, 1.165) is 36.8 Å². The Bertz CT molecular complexity index is 845. The fourth-order valence-corrected chi connectivity index (χ4v) is 5.82. The Kier molecular flexibility index (Phi) is 8.05. The van der Waals surface area contributed by atoms with Crippen molar-refractivity contribution >= 4 is 5.97 Å². The van der Waals surface area contributed by atoms with Crippen molar-refractivity contribution in [3.63, 3.8) is 0 Å². The second-order valence-corrected chi connectivity index (χ2v) is 10.6. The molecular formula is C26H37F3O5. The third-order valence-electron chi connectivity index (χ3n) is 7.86. The quantitative estimate of drug-likeness (QED) is 0.367. The van der Waals surface area contributed by atoms with Gasteiger partial charge in [-0.2, -0.15) is 13.2 Å². The minimum Gasteiger partial charge on any atom is -0.458 e. The average Bonchev–Trinajstić information content (AvgIpc) is 3.07. The molecule has 0 aliphatic heterocycles. The predicted octanol–water partition coefficient (Wildman–Crippen LogP) is 4.91. The van der Waals surface area contributed by atoms with E-state index in [-0.39, 0.29) is 11.3 Å². The molecule has 2 fully saturated rings. The van der Waals surface area contributed by atoms with Gasteiger partial charge in [0.2, 0.25) is 0 Å². The van der Waals surface area contributed by atoms with Gasteiger partial charge < -0.3 is 20.1 Å². The van der Waals surface area contributed by atoms with E-state index in [4.69, 9.17) is 4.74 Å². The SMILES string of the molecule is C[C@H](OC(=O)CCC(C)(O)C(F)(F)F)C1=CC[C@H]2/C(=C/C=C3C[C@@H](O)C[C@@H](O)C3)CCC[C@]12C. The molecule has 0 heterocycles. The normalized spacial score (nSPS) is 35.0. The Morgan fingerprint density at radius 1 is 1.26 bits per heavy atom. The first-order valence-corrected chi connectivity index (χ1v) is 12.2. The fourth-order valence-electron chi connectivity index (χ4n) is 5.82. The van der Waals surface area contributed by atoms with Crippen molar-refractivity contribution in [1.29, 1.82) is 0 Å². The lowest BCUT2D eigenvalue weighted by Crippen LogP contribution is -2.42. The van der Waals surface area contributed by atoms with E-state index >= 15 is 0 Å². The largest absolute Gasteiger partial charge is 0.458 e. The molecule has 2 saturated carbocycles. The van der Waals surface area contributed by atoms with Crippen molar-refractivity contribution < 1.29 is 38.0 Å². The summed E-state index contributed by atoms with van der Waals surface area (Å²) in [6.07, 6.45) is 3.80. The smallest absolute Gasteiger partial charge is 0.416 e. The van der Waals surface area contributed by atoms with Crippen molar-refractivity contribution in [3.05, 3.63) is 34.9 Å². The monoisotopic (exact) mass is 486 g/mol. The van der Waals surface area contributed by atoms with Gasteiger partial charge in [-0.25, -0.2) is 0 Å². The van der Waals surface area contributed by atoms with Gasteiger partial charge in [0.1, 0.15) is 6.10 Å². The van der Waals surface area contributed by atoms with E-state index in [1.165, 1.54) is 5.57 Å². The summed E-state index contributed by atoms with van der Waals surface area (Å²) < 4.78 is 44.0. The third kappa shape index (κ3) is 5.94. The molecule has 3 aliphatic carbocycles. The summed E-state index contributed by atoms with van der Waals surface area (Å²) in [6, 6.07) is 0. The molecule has 0 spiro atoms. The highest BCUT2D eigenvalue weighted by Gasteiger charge is 2.50. The van der Waals surface area contributed by atoms with Crippen LogP contribution in [0.3, 0.4) is 0 Å². The number of carbonyl (C=O) groups is 1. The molecule has 0 aromatic heterocycles. The van der Waals surface area contributed by atoms with Crippen molar-refractivity contribution in [2.75, 3.05) is 0 Å². The number of aliphatic hydroxyl groups excluding tert-OH is 2. The topological polar surface area (TPSA) is 87.0 Å². The van der Waals surface area contributed by atoms with Crippen LogP contribution in [0.15, 0.2) is 34.9 Å². The van der Waals surface area contributed by atoms with Crippen LogP contribution in [0.2, 0.25) is 0 Å². The minimum absolute atomic E-state index is 0.203. The lowest BCUT2D eigenvalue weighted by Gasteiger charge is -2.42. The standard InChI is InChI=1S/C26H37F3O5/c1-16(34-23(32)10-12-25(3,33)26(27,28)29)21-8-9-22-18(5-4-11-24(21,22)2)7-6-17-13-19(30)15-20(31)14-17/h6-8,16,19-20,22,30-31,33H,4-5,9-15H2,1-3H3/b17-6?,18-7+/t16-,19-,20+,22-,24+,25?/m0/s1. The molecule has 34 heavy (non-hydrogen) atoms. The number of carbonyl (C=O) groups excluding carboxylic acids is 1. The Morgan fingerprint density at radius 3 is 2.53 bits per heavy atom. The van der Waals surface area contributed by atoms with Crippen LogP contribution < -0.4 is 0 Å². The molecule has 5 nitrogen and oxygen atoms in total. The Hall–Kier alpha value is -1.64. The van der Waals surface area contributed by atoms with Gasteiger partial charge in [0, 0.05) is 6.42 Å². The van der Waals surface area contributed by atoms with Gasteiger partial charge in [0.15, 0.2) is 5.60 Å². The van der Waals surface area contributed by atoms with E-state index in [1.807, 2.05) is 6.08 Å². The summed E-state index contributed by atoms with van der Waals surface area (Å²) in [7, 11) is 0. The second-order valence-electron chi connectivity index (χ2n) is 10.6. The van der Waals surface area contributed by atoms with Crippen LogP contribution in [-0.4, -0.2) is 51.4 Å². The van der Waals surface area contributed by atoms with Crippen LogP contribution in [-0.2, 0) is 9.53 Å². The lowest BCUT2D eigenvalue weighted by atomic mass is 9.63. The Labute approximate surface area is 199 Å². The summed E-state index contributed by atoms with van der Waals surface area (Å²) in [6.45, 7) is 4.57. The summed E-state index contributed by atoms with van der Waals surface area (Å²) >= 11 is 0. The number of halogens is 3. The van der Waals surface area contributed by atoms with E-state index < -0.39 is 48.9 Å². The third-order valence-corrected chi connectivity index (χ3v) is 7.86. The van der Waals surface area contributed by atoms with Crippen LogP contribution in [0.1, 0.15) is 78.6 Å². The molecule has 3 N–H and O–H groups in total. The second kappa shape index (κ2) is 10.2. The molecule has 6 atom stereocenters. The lowest BCUT2D eigenvalue weighted by molar-refractivity contribution is -0.255. The van der Waals surface area contributed by atoms with Gasteiger partial charge in [0.25, 0.3) is 0 Å². The number of ether oxygens (including phenoxy) is 1. The summed E-state index contributed by atoms with van der Waals surface area (Å²) in [4.78, 5) is 12.3. The number of allylic oxidation sites excluding steroid dienone is 4. The number of alkyl halides is 3. The highest BCUT2D eigenvalue weighted by molar-refractivity contribution is 5.70. The maximum atomic E-state index is 12.8. The van der Waals surface area contributed by atoms with Gasteiger partial charge in [-0.15, -0.1) is 0 Å². The number of aliphatic hydroxyl groups is 3. The Balaban J connectivity index is 1.64. The van der Waals surface area contributed by atoms with Gasteiger partial charge in [0.05, 0.1) is 12.2 Å². The first-order valence-electron chi connectivity index (χ1n) is 12.2. The van der Waals surface area contributed by atoms with E-state index in [9.17, 15) is 33.3 Å². The number of hydrogen-bond donors (Lipinski definition) is 3. The Morgan fingerprint density at radius 2 is 1.91 bits per heavy atom. The van der Waals surface area contributed by atoms with Crippen molar-refractivity contribution in [2.24, 2.45) is 11.3 Å². The maximum Gasteiger partial charge on any atom is 0.416 e. The molecular weight excluding hydrogens is 449 g/mol. The summed E-state index contributed by atoms with van der Waals surface area (Å²) in [5, 5.41) is 29.4. The number of hydrogen-bond acceptors (Lipinski definition) is 5. The van der Waals surface area contributed by atoms with Crippen LogP contribution in [0.25, 0.3) is 0 Å². The number of fused-ring (bicyclic) bond motifs is 1.